The maximum Gasteiger partial charge on any atom is 0.268 e. The molecular formula is C18H16N4O2. The van der Waals surface area contributed by atoms with Crippen molar-refractivity contribution in [2.45, 2.75) is 6.54 Å². The smallest absolute Gasteiger partial charge is 0.268 e. The minimum absolute atomic E-state index is 0.175. The molecule has 4 aromatic rings. The lowest BCUT2D eigenvalue weighted by molar-refractivity contribution is 0.0946. The van der Waals surface area contributed by atoms with E-state index in [2.05, 4.69) is 20.3 Å². The number of aromatic nitrogens is 3. The van der Waals surface area contributed by atoms with Gasteiger partial charge in [-0.15, -0.1) is 0 Å². The highest BCUT2D eigenvalue weighted by Crippen LogP contribution is 2.21. The molecule has 4 rings (SSSR count). The number of carbonyl (C=O) groups excluding carboxylic acids is 1. The topological polar surface area (TPSA) is 82.8 Å². The Balaban J connectivity index is 1.51. The molecule has 0 spiro atoms. The summed E-state index contributed by atoms with van der Waals surface area (Å²) >= 11 is 0. The molecule has 0 aliphatic carbocycles. The Kier molecular flexibility index (Phi) is 3.42. The number of hydrogen-bond acceptors (Lipinski definition) is 3. The minimum Gasteiger partial charge on any atom is -0.497 e. The molecule has 0 saturated heterocycles. The number of amides is 1. The number of para-hydroxylation sites is 2. The summed E-state index contributed by atoms with van der Waals surface area (Å²) in [7, 11) is 1.62. The van der Waals surface area contributed by atoms with Crippen LogP contribution in [0, 0.1) is 0 Å². The van der Waals surface area contributed by atoms with Crippen molar-refractivity contribution < 1.29 is 9.53 Å². The number of benzene rings is 2. The monoisotopic (exact) mass is 320 g/mol. The van der Waals surface area contributed by atoms with Gasteiger partial charge < -0.3 is 20.0 Å². The summed E-state index contributed by atoms with van der Waals surface area (Å²) in [5.74, 6) is 1.30. The number of rotatable bonds is 4. The molecule has 0 aliphatic rings. The number of carbonyl (C=O) groups is 1. The molecule has 120 valence electrons. The van der Waals surface area contributed by atoms with Crippen LogP contribution in [0.5, 0.6) is 5.75 Å². The largest absolute Gasteiger partial charge is 0.497 e. The molecule has 0 unspecified atom stereocenters. The average Bonchev–Trinajstić information content (AvgIpc) is 3.22. The van der Waals surface area contributed by atoms with Crippen LogP contribution < -0.4 is 10.1 Å². The Morgan fingerprint density at radius 1 is 1.12 bits per heavy atom. The van der Waals surface area contributed by atoms with Gasteiger partial charge >= 0.3 is 0 Å². The highest BCUT2D eigenvalue weighted by molar-refractivity contribution is 5.98. The van der Waals surface area contributed by atoms with E-state index < -0.39 is 0 Å². The van der Waals surface area contributed by atoms with Crippen LogP contribution in [0.15, 0.2) is 48.5 Å². The molecule has 0 aliphatic heterocycles. The van der Waals surface area contributed by atoms with Gasteiger partial charge in [0.15, 0.2) is 0 Å². The number of imidazole rings is 1. The first-order chi connectivity index (χ1) is 11.7. The average molecular weight is 320 g/mol. The van der Waals surface area contributed by atoms with E-state index in [0.29, 0.717) is 12.2 Å². The number of nitrogens with one attached hydrogen (secondary N) is 3. The van der Waals surface area contributed by atoms with Gasteiger partial charge in [-0.3, -0.25) is 4.79 Å². The number of hydrogen-bond donors (Lipinski definition) is 3. The van der Waals surface area contributed by atoms with Crippen LogP contribution in [0.25, 0.3) is 21.9 Å². The summed E-state index contributed by atoms with van der Waals surface area (Å²) in [6, 6.07) is 15.2. The number of methoxy groups -OCH3 is 1. The second-order valence-corrected chi connectivity index (χ2v) is 5.52. The molecule has 0 saturated carbocycles. The first-order valence-corrected chi connectivity index (χ1v) is 7.61. The van der Waals surface area contributed by atoms with Crippen LogP contribution in [0.2, 0.25) is 0 Å². The number of ether oxygens (including phenoxy) is 1. The minimum atomic E-state index is -0.175. The molecule has 24 heavy (non-hydrogen) atoms. The van der Waals surface area contributed by atoms with E-state index in [4.69, 9.17) is 4.74 Å². The molecule has 6 nitrogen and oxygen atoms in total. The standard InChI is InChI=1S/C18H16N4O2/c1-24-12-7-6-11-8-16(20-15(11)9-12)18(23)19-10-17-21-13-4-2-3-5-14(13)22-17/h2-9,20H,10H2,1H3,(H,19,23)(H,21,22). The first-order valence-electron chi connectivity index (χ1n) is 7.61. The van der Waals surface area contributed by atoms with E-state index in [1.807, 2.05) is 48.5 Å². The summed E-state index contributed by atoms with van der Waals surface area (Å²) in [5.41, 5.74) is 3.22. The molecule has 2 aromatic carbocycles. The number of aromatic amines is 2. The molecule has 0 atom stereocenters. The van der Waals surface area contributed by atoms with E-state index in [1.165, 1.54) is 0 Å². The fraction of sp³-hybridized carbons (Fsp3) is 0.111. The van der Waals surface area contributed by atoms with Crippen molar-refractivity contribution in [3.8, 4) is 5.75 Å². The lowest BCUT2D eigenvalue weighted by Crippen LogP contribution is -2.23. The van der Waals surface area contributed by atoms with Gasteiger partial charge in [-0.25, -0.2) is 4.98 Å². The SMILES string of the molecule is COc1ccc2cc(C(=O)NCc3nc4ccccc4[nH]3)[nH]c2c1. The lowest BCUT2D eigenvalue weighted by Gasteiger charge is -2.00. The van der Waals surface area contributed by atoms with Crippen molar-refractivity contribution in [3.05, 3.63) is 60.0 Å². The Labute approximate surface area is 137 Å². The van der Waals surface area contributed by atoms with Gasteiger partial charge in [0.2, 0.25) is 0 Å². The molecule has 2 heterocycles. The molecule has 0 bridgehead atoms. The van der Waals surface area contributed by atoms with E-state index in [1.54, 1.807) is 7.11 Å². The summed E-state index contributed by atoms with van der Waals surface area (Å²) in [4.78, 5) is 23.1. The predicted molar refractivity (Wildman–Crippen MR) is 92.1 cm³/mol. The summed E-state index contributed by atoms with van der Waals surface area (Å²) in [6.07, 6.45) is 0. The zero-order valence-corrected chi connectivity index (χ0v) is 13.1. The number of fused-ring (bicyclic) bond motifs is 2. The Morgan fingerprint density at radius 3 is 2.83 bits per heavy atom. The van der Waals surface area contributed by atoms with Crippen LogP contribution >= 0.6 is 0 Å². The predicted octanol–water partition coefficient (Wildman–Crippen LogP) is 2.98. The quantitative estimate of drug-likeness (QED) is 0.540. The summed E-state index contributed by atoms with van der Waals surface area (Å²) in [5, 5.41) is 3.83. The fourth-order valence-electron chi connectivity index (χ4n) is 2.70. The van der Waals surface area contributed by atoms with Crippen LogP contribution in [0.4, 0.5) is 0 Å². The normalized spacial score (nSPS) is 11.0. The van der Waals surface area contributed by atoms with Crippen molar-refractivity contribution in [2.75, 3.05) is 7.11 Å². The van der Waals surface area contributed by atoms with Crippen LogP contribution in [0.1, 0.15) is 16.3 Å². The zero-order valence-electron chi connectivity index (χ0n) is 13.1. The summed E-state index contributed by atoms with van der Waals surface area (Å²) < 4.78 is 5.19. The molecular weight excluding hydrogens is 304 g/mol. The van der Waals surface area contributed by atoms with Gasteiger partial charge in [-0.2, -0.15) is 0 Å². The molecule has 0 fully saturated rings. The van der Waals surface area contributed by atoms with Gasteiger partial charge in [-0.05, 0) is 30.3 Å². The molecule has 0 radical (unpaired) electrons. The van der Waals surface area contributed by atoms with E-state index in [9.17, 15) is 4.79 Å². The number of H-pyrrole nitrogens is 2. The van der Waals surface area contributed by atoms with Crippen molar-refractivity contribution in [2.24, 2.45) is 0 Å². The van der Waals surface area contributed by atoms with Gasteiger partial charge in [0.1, 0.15) is 17.3 Å². The Morgan fingerprint density at radius 2 is 2.00 bits per heavy atom. The highest BCUT2D eigenvalue weighted by atomic mass is 16.5. The second kappa shape index (κ2) is 5.73. The van der Waals surface area contributed by atoms with Crippen molar-refractivity contribution in [1.82, 2.24) is 20.3 Å². The van der Waals surface area contributed by atoms with Crippen LogP contribution in [0.3, 0.4) is 0 Å². The van der Waals surface area contributed by atoms with Crippen molar-refractivity contribution in [1.29, 1.82) is 0 Å². The van der Waals surface area contributed by atoms with Gasteiger partial charge in [0.25, 0.3) is 5.91 Å². The van der Waals surface area contributed by atoms with Crippen LogP contribution in [-0.2, 0) is 6.54 Å². The Bertz CT molecular complexity index is 999. The highest BCUT2D eigenvalue weighted by Gasteiger charge is 2.11. The van der Waals surface area contributed by atoms with E-state index in [-0.39, 0.29) is 5.91 Å². The zero-order chi connectivity index (χ0) is 16.5. The Hall–Kier alpha value is -3.28. The summed E-state index contributed by atoms with van der Waals surface area (Å²) in [6.45, 7) is 0.339. The van der Waals surface area contributed by atoms with Crippen LogP contribution in [-0.4, -0.2) is 28.0 Å². The molecule has 6 heteroatoms. The van der Waals surface area contributed by atoms with E-state index in [0.717, 1.165) is 33.5 Å². The van der Waals surface area contributed by atoms with Gasteiger partial charge in [0.05, 0.1) is 24.7 Å². The third kappa shape index (κ3) is 2.58. The van der Waals surface area contributed by atoms with Crippen molar-refractivity contribution >= 4 is 27.8 Å². The maximum atomic E-state index is 12.3. The molecule has 3 N–H and O–H groups in total. The maximum absolute atomic E-state index is 12.3. The molecule has 1 amide bonds. The third-order valence-corrected chi connectivity index (χ3v) is 3.93. The fourth-order valence-corrected chi connectivity index (χ4v) is 2.70. The van der Waals surface area contributed by atoms with E-state index >= 15 is 0 Å². The van der Waals surface area contributed by atoms with Gasteiger partial charge in [0, 0.05) is 17.0 Å². The first kappa shape index (κ1) is 14.3. The number of nitrogens with zero attached hydrogens (tertiary/aromatic N) is 1. The van der Waals surface area contributed by atoms with Crippen molar-refractivity contribution in [3.63, 3.8) is 0 Å². The second-order valence-electron chi connectivity index (χ2n) is 5.52. The lowest BCUT2D eigenvalue weighted by atomic mass is 10.2. The third-order valence-electron chi connectivity index (χ3n) is 3.93. The molecule has 2 aromatic heterocycles. The van der Waals surface area contributed by atoms with Gasteiger partial charge in [-0.1, -0.05) is 12.1 Å².